The number of hydrogen-bond donors (Lipinski definition) is 3. The molecule has 1 aromatic rings. The van der Waals surface area contributed by atoms with E-state index in [0.717, 1.165) is 17.6 Å². The second-order valence-corrected chi connectivity index (χ2v) is 8.71. The molecule has 1 aromatic carbocycles. The maximum Gasteiger partial charge on any atom is 0.410 e. The highest BCUT2D eigenvalue weighted by molar-refractivity contribution is 5.96. The smallest absolute Gasteiger partial charge is 0.410 e. The van der Waals surface area contributed by atoms with Crippen molar-refractivity contribution in [1.29, 1.82) is 0 Å². The Morgan fingerprint density at radius 1 is 1.19 bits per heavy atom. The molecule has 172 valence electrons. The van der Waals surface area contributed by atoms with Crippen LogP contribution in [0.3, 0.4) is 0 Å². The van der Waals surface area contributed by atoms with Crippen LogP contribution in [-0.2, 0) is 14.3 Å². The van der Waals surface area contributed by atoms with E-state index in [1.165, 1.54) is 0 Å². The Morgan fingerprint density at radius 3 is 2.59 bits per heavy atom. The Labute approximate surface area is 187 Å². The minimum Gasteiger partial charge on any atom is -0.445 e. The minimum atomic E-state index is -0.826. The standard InChI is InChI=1S/C23H30N4O5/c1-26-14-17(32-23(30)27-10-5-11-27)13-18(22(29)25-31)20(26)21(28)19-12-16(8-9-24-19)15-6-3-2-4-7-15/h2-4,6-8,17-20,24,31H,5,9-14H2,1H3,(H,25,29)/t17-,18-,19?,20-/m0/s1. The van der Waals surface area contributed by atoms with Crippen LogP contribution in [0.15, 0.2) is 36.4 Å². The van der Waals surface area contributed by atoms with Crippen LogP contribution in [0.1, 0.15) is 24.8 Å². The second-order valence-electron chi connectivity index (χ2n) is 8.71. The molecule has 3 heterocycles. The van der Waals surface area contributed by atoms with Gasteiger partial charge < -0.3 is 15.0 Å². The van der Waals surface area contributed by atoms with E-state index in [9.17, 15) is 19.6 Å². The van der Waals surface area contributed by atoms with E-state index in [0.29, 0.717) is 32.6 Å². The van der Waals surface area contributed by atoms with E-state index in [1.54, 1.807) is 22.3 Å². The molecule has 2 saturated heterocycles. The molecule has 3 aliphatic heterocycles. The number of Topliss-reactive ketones (excluding diaryl/α,β-unsaturated/α-hetero) is 1. The number of benzene rings is 1. The lowest BCUT2D eigenvalue weighted by Gasteiger charge is -2.43. The highest BCUT2D eigenvalue weighted by Gasteiger charge is 2.46. The summed E-state index contributed by atoms with van der Waals surface area (Å²) in [6.07, 6.45) is 2.81. The van der Waals surface area contributed by atoms with Crippen LogP contribution in [0.5, 0.6) is 0 Å². The summed E-state index contributed by atoms with van der Waals surface area (Å²) >= 11 is 0. The van der Waals surface area contributed by atoms with Crippen molar-refractivity contribution < 1.29 is 24.3 Å². The number of likely N-dealkylation sites (tertiary alicyclic amines) is 2. The van der Waals surface area contributed by atoms with Gasteiger partial charge in [0.2, 0.25) is 5.91 Å². The molecule has 0 saturated carbocycles. The molecular weight excluding hydrogens is 412 g/mol. The molecule has 9 nitrogen and oxygen atoms in total. The molecule has 0 aliphatic carbocycles. The lowest BCUT2D eigenvalue weighted by Crippen LogP contribution is -2.61. The van der Waals surface area contributed by atoms with E-state index < -0.39 is 36.1 Å². The highest BCUT2D eigenvalue weighted by atomic mass is 16.6. The molecule has 2 amide bonds. The zero-order chi connectivity index (χ0) is 22.7. The van der Waals surface area contributed by atoms with Gasteiger partial charge in [0.15, 0.2) is 5.78 Å². The molecule has 4 rings (SSSR count). The molecule has 3 aliphatic rings. The normalized spacial score (nSPS) is 28.3. The first-order valence-electron chi connectivity index (χ1n) is 11.1. The lowest BCUT2D eigenvalue weighted by molar-refractivity contribution is -0.146. The van der Waals surface area contributed by atoms with Gasteiger partial charge in [0.05, 0.1) is 18.0 Å². The summed E-state index contributed by atoms with van der Waals surface area (Å²) in [7, 11) is 1.75. The van der Waals surface area contributed by atoms with Crippen molar-refractivity contribution in [2.75, 3.05) is 33.2 Å². The van der Waals surface area contributed by atoms with Gasteiger partial charge in [0.25, 0.3) is 0 Å². The number of hydrogen-bond acceptors (Lipinski definition) is 7. The summed E-state index contributed by atoms with van der Waals surface area (Å²) in [5.41, 5.74) is 3.86. The van der Waals surface area contributed by atoms with Crippen LogP contribution in [0.4, 0.5) is 4.79 Å². The fourth-order valence-corrected chi connectivity index (χ4v) is 4.77. The fourth-order valence-electron chi connectivity index (χ4n) is 4.77. The Hall–Kier alpha value is -2.75. The number of carbonyl (C=O) groups excluding carboxylic acids is 3. The first-order chi connectivity index (χ1) is 15.5. The minimum absolute atomic E-state index is 0.102. The van der Waals surface area contributed by atoms with Crippen molar-refractivity contribution in [3.05, 3.63) is 42.0 Å². The van der Waals surface area contributed by atoms with Gasteiger partial charge in [-0.05, 0) is 37.4 Å². The van der Waals surface area contributed by atoms with E-state index >= 15 is 0 Å². The van der Waals surface area contributed by atoms with Gasteiger partial charge in [-0.25, -0.2) is 10.3 Å². The van der Waals surface area contributed by atoms with Gasteiger partial charge in [-0.3, -0.25) is 19.7 Å². The number of carbonyl (C=O) groups is 3. The summed E-state index contributed by atoms with van der Waals surface area (Å²) < 4.78 is 5.59. The number of amides is 2. The van der Waals surface area contributed by atoms with E-state index in [-0.39, 0.29) is 12.2 Å². The number of piperidine rings is 1. The monoisotopic (exact) mass is 442 g/mol. The Balaban J connectivity index is 1.47. The fraction of sp³-hybridized carbons (Fsp3) is 0.522. The summed E-state index contributed by atoms with van der Waals surface area (Å²) in [5.74, 6) is -1.57. The van der Waals surface area contributed by atoms with Crippen molar-refractivity contribution in [3.8, 4) is 0 Å². The van der Waals surface area contributed by atoms with Crippen LogP contribution < -0.4 is 10.8 Å². The first kappa shape index (κ1) is 22.4. The summed E-state index contributed by atoms with van der Waals surface area (Å²) in [5, 5.41) is 12.6. The van der Waals surface area contributed by atoms with Crippen LogP contribution in [0, 0.1) is 5.92 Å². The quantitative estimate of drug-likeness (QED) is 0.461. The number of ether oxygens (including phenoxy) is 1. The van der Waals surface area contributed by atoms with E-state index in [1.807, 2.05) is 30.3 Å². The van der Waals surface area contributed by atoms with Crippen molar-refractivity contribution in [2.24, 2.45) is 5.92 Å². The molecule has 1 unspecified atom stereocenters. The first-order valence-corrected chi connectivity index (χ1v) is 11.1. The summed E-state index contributed by atoms with van der Waals surface area (Å²) in [4.78, 5) is 41.7. The summed E-state index contributed by atoms with van der Waals surface area (Å²) in [6.45, 7) is 2.25. The predicted octanol–water partition coefficient (Wildman–Crippen LogP) is 1.04. The maximum absolute atomic E-state index is 13.6. The van der Waals surface area contributed by atoms with Crippen molar-refractivity contribution >= 4 is 23.4 Å². The molecule has 0 bridgehead atoms. The van der Waals surface area contributed by atoms with Gasteiger partial charge in [0, 0.05) is 26.2 Å². The van der Waals surface area contributed by atoms with Gasteiger partial charge in [0.1, 0.15) is 6.10 Å². The molecule has 32 heavy (non-hydrogen) atoms. The zero-order valence-electron chi connectivity index (χ0n) is 18.2. The number of rotatable bonds is 5. The van der Waals surface area contributed by atoms with Crippen LogP contribution in [0.25, 0.3) is 5.57 Å². The molecule has 0 aromatic heterocycles. The summed E-state index contributed by atoms with van der Waals surface area (Å²) in [6, 6.07) is 8.74. The molecule has 0 spiro atoms. The zero-order valence-corrected chi connectivity index (χ0v) is 18.2. The predicted molar refractivity (Wildman–Crippen MR) is 117 cm³/mol. The van der Waals surface area contributed by atoms with E-state index in [4.69, 9.17) is 4.74 Å². The Bertz CT molecular complexity index is 886. The lowest BCUT2D eigenvalue weighted by atomic mass is 9.81. The van der Waals surface area contributed by atoms with Crippen LogP contribution in [0.2, 0.25) is 0 Å². The highest BCUT2D eigenvalue weighted by Crippen LogP contribution is 2.30. The average molecular weight is 443 g/mol. The number of nitrogens with one attached hydrogen (secondary N) is 2. The molecule has 2 fully saturated rings. The third-order valence-electron chi connectivity index (χ3n) is 6.61. The van der Waals surface area contributed by atoms with Crippen molar-refractivity contribution in [3.63, 3.8) is 0 Å². The number of hydroxylamine groups is 1. The van der Waals surface area contributed by atoms with E-state index in [2.05, 4.69) is 11.4 Å². The Kier molecular flexibility index (Phi) is 6.88. The maximum atomic E-state index is 13.6. The largest absolute Gasteiger partial charge is 0.445 e. The third kappa shape index (κ3) is 4.69. The van der Waals surface area contributed by atoms with Gasteiger partial charge in [-0.15, -0.1) is 0 Å². The topological polar surface area (TPSA) is 111 Å². The van der Waals surface area contributed by atoms with Gasteiger partial charge >= 0.3 is 6.09 Å². The molecule has 3 N–H and O–H groups in total. The SMILES string of the molecule is CN1C[C@@H](OC(=O)N2CCC2)C[C@H](C(=O)NO)[C@H]1C(=O)C1CC(c2ccccc2)=CCN1. The van der Waals surface area contributed by atoms with Crippen molar-refractivity contribution in [2.45, 2.75) is 37.5 Å². The molecule has 0 radical (unpaired) electrons. The molecule has 4 atom stereocenters. The number of ketones is 1. The van der Waals surface area contributed by atoms with Crippen molar-refractivity contribution in [1.82, 2.24) is 20.6 Å². The van der Waals surface area contributed by atoms with Gasteiger partial charge in [-0.1, -0.05) is 36.4 Å². The third-order valence-corrected chi connectivity index (χ3v) is 6.61. The molecule has 9 heteroatoms. The van der Waals surface area contributed by atoms with Gasteiger partial charge in [-0.2, -0.15) is 0 Å². The number of likely N-dealkylation sites (N-methyl/N-ethyl adjacent to an activating group) is 1. The second kappa shape index (κ2) is 9.81. The Morgan fingerprint density at radius 2 is 1.94 bits per heavy atom. The van der Waals surface area contributed by atoms with Crippen LogP contribution >= 0.6 is 0 Å². The average Bonchev–Trinajstić information content (AvgIpc) is 2.77. The molecular formula is C23H30N4O5. The number of nitrogens with zero attached hydrogens (tertiary/aromatic N) is 2. The van der Waals surface area contributed by atoms with Crippen LogP contribution in [-0.4, -0.2) is 84.2 Å².